The second kappa shape index (κ2) is 8.49. The van der Waals surface area contributed by atoms with Gasteiger partial charge < -0.3 is 15.0 Å². The highest BCUT2D eigenvalue weighted by Crippen LogP contribution is 2.21. The molecule has 5 nitrogen and oxygen atoms in total. The third-order valence-corrected chi connectivity index (χ3v) is 5.15. The Morgan fingerprint density at radius 3 is 2.83 bits per heavy atom. The maximum atomic E-state index is 12.5. The molecule has 2 aliphatic heterocycles. The minimum Gasteiger partial charge on any atom is -0.383 e. The Morgan fingerprint density at radius 1 is 1.21 bits per heavy atom. The van der Waals surface area contributed by atoms with Crippen molar-refractivity contribution in [3.8, 4) is 0 Å². The molecule has 2 heterocycles. The predicted octanol–water partition coefficient (Wildman–Crippen LogP) is 1.98. The summed E-state index contributed by atoms with van der Waals surface area (Å²) < 4.78 is 5.12. The van der Waals surface area contributed by atoms with Gasteiger partial charge in [0.1, 0.15) is 0 Å². The molecule has 1 aromatic rings. The highest BCUT2D eigenvalue weighted by atomic mass is 16.5. The Bertz CT molecular complexity index is 523. The molecule has 0 aliphatic carbocycles. The van der Waals surface area contributed by atoms with E-state index >= 15 is 0 Å². The number of urea groups is 1. The van der Waals surface area contributed by atoms with Crippen LogP contribution in [0, 0.1) is 5.92 Å². The van der Waals surface area contributed by atoms with Crippen molar-refractivity contribution in [1.82, 2.24) is 15.1 Å². The average Bonchev–Trinajstić information content (AvgIpc) is 3.23. The van der Waals surface area contributed by atoms with Gasteiger partial charge in [0.15, 0.2) is 0 Å². The highest BCUT2D eigenvalue weighted by molar-refractivity contribution is 5.74. The topological polar surface area (TPSA) is 44.8 Å². The number of nitrogens with one attached hydrogen (secondary N) is 1. The van der Waals surface area contributed by atoms with E-state index in [0.29, 0.717) is 5.92 Å². The van der Waals surface area contributed by atoms with Crippen LogP contribution in [0.5, 0.6) is 0 Å². The minimum absolute atomic E-state index is 0.115. The van der Waals surface area contributed by atoms with Crippen molar-refractivity contribution in [3.05, 3.63) is 35.9 Å². The summed E-state index contributed by atoms with van der Waals surface area (Å²) in [6.45, 7) is 5.45. The molecule has 0 aromatic heterocycles. The van der Waals surface area contributed by atoms with Gasteiger partial charge in [-0.2, -0.15) is 0 Å². The summed E-state index contributed by atoms with van der Waals surface area (Å²) in [4.78, 5) is 16.8. The normalized spacial score (nSPS) is 24.5. The van der Waals surface area contributed by atoms with Crippen molar-refractivity contribution in [2.24, 2.45) is 5.92 Å². The molecule has 0 bridgehead atoms. The number of carbonyl (C=O) groups excluding carboxylic acids is 1. The first-order chi connectivity index (χ1) is 11.7. The van der Waals surface area contributed by atoms with Crippen LogP contribution in [0.4, 0.5) is 4.79 Å². The van der Waals surface area contributed by atoms with Crippen LogP contribution >= 0.6 is 0 Å². The fraction of sp³-hybridized carbons (Fsp3) is 0.632. The van der Waals surface area contributed by atoms with Gasteiger partial charge in [-0.3, -0.25) is 4.90 Å². The number of hydrogen-bond donors (Lipinski definition) is 1. The quantitative estimate of drug-likeness (QED) is 0.867. The molecule has 0 unspecified atom stereocenters. The molecule has 3 rings (SSSR count). The third-order valence-electron chi connectivity index (χ3n) is 5.15. The zero-order valence-electron chi connectivity index (χ0n) is 14.6. The average molecular weight is 331 g/mol. The first kappa shape index (κ1) is 17.2. The summed E-state index contributed by atoms with van der Waals surface area (Å²) >= 11 is 0. The van der Waals surface area contributed by atoms with Gasteiger partial charge in [-0.05, 0) is 30.7 Å². The van der Waals surface area contributed by atoms with Crippen LogP contribution in [0.15, 0.2) is 30.3 Å². The van der Waals surface area contributed by atoms with E-state index in [0.717, 1.165) is 58.6 Å². The zero-order valence-corrected chi connectivity index (χ0v) is 14.6. The lowest BCUT2D eigenvalue weighted by atomic mass is 9.99. The number of hydrogen-bond acceptors (Lipinski definition) is 3. The van der Waals surface area contributed by atoms with Crippen molar-refractivity contribution < 1.29 is 9.53 Å². The van der Waals surface area contributed by atoms with E-state index in [1.165, 1.54) is 5.56 Å². The zero-order chi connectivity index (χ0) is 16.8. The van der Waals surface area contributed by atoms with Gasteiger partial charge >= 0.3 is 6.03 Å². The van der Waals surface area contributed by atoms with E-state index in [-0.39, 0.29) is 12.1 Å². The molecule has 0 spiro atoms. The molecular weight excluding hydrogens is 302 g/mol. The summed E-state index contributed by atoms with van der Waals surface area (Å²) in [5.41, 5.74) is 1.37. The largest absolute Gasteiger partial charge is 0.383 e. The summed E-state index contributed by atoms with van der Waals surface area (Å²) in [6, 6.07) is 11.0. The molecule has 2 amide bonds. The van der Waals surface area contributed by atoms with Gasteiger partial charge in [-0.15, -0.1) is 0 Å². The van der Waals surface area contributed by atoms with Crippen molar-refractivity contribution >= 4 is 6.03 Å². The van der Waals surface area contributed by atoms with Crippen molar-refractivity contribution in [3.63, 3.8) is 0 Å². The van der Waals surface area contributed by atoms with E-state index in [4.69, 9.17) is 4.74 Å². The molecule has 1 N–H and O–H groups in total. The van der Waals surface area contributed by atoms with Crippen LogP contribution in [0.25, 0.3) is 0 Å². The van der Waals surface area contributed by atoms with Crippen LogP contribution in [-0.2, 0) is 11.2 Å². The van der Waals surface area contributed by atoms with Gasteiger partial charge in [0.2, 0.25) is 0 Å². The fourth-order valence-electron chi connectivity index (χ4n) is 3.77. The lowest BCUT2D eigenvalue weighted by Crippen LogP contribution is -2.45. The van der Waals surface area contributed by atoms with Crippen LogP contribution in [0.3, 0.4) is 0 Å². The summed E-state index contributed by atoms with van der Waals surface area (Å²) in [6.07, 6.45) is 3.21. The Morgan fingerprint density at radius 2 is 2.04 bits per heavy atom. The standard InChI is InChI=1S/C19H29N3O2/c1-24-12-11-21-9-8-18(15-21)20-19(23)22-10-7-17(14-22)13-16-5-3-2-4-6-16/h2-6,17-18H,7-15H2,1H3,(H,20,23)/t17-,18+/m0/s1. The molecule has 2 fully saturated rings. The lowest BCUT2D eigenvalue weighted by molar-refractivity contribution is 0.159. The first-order valence-electron chi connectivity index (χ1n) is 9.05. The number of methoxy groups -OCH3 is 1. The monoisotopic (exact) mass is 331 g/mol. The molecule has 5 heteroatoms. The van der Waals surface area contributed by atoms with Gasteiger partial charge in [-0.1, -0.05) is 30.3 Å². The van der Waals surface area contributed by atoms with Gasteiger partial charge in [0.05, 0.1) is 6.61 Å². The highest BCUT2D eigenvalue weighted by Gasteiger charge is 2.29. The smallest absolute Gasteiger partial charge is 0.317 e. The molecule has 2 aliphatic rings. The van der Waals surface area contributed by atoms with Crippen LogP contribution in [0.1, 0.15) is 18.4 Å². The SMILES string of the molecule is COCCN1CC[C@@H](NC(=O)N2CC[C@@H](Cc3ccccc3)C2)C1. The molecule has 132 valence electrons. The van der Waals surface area contributed by atoms with Gasteiger partial charge in [0.25, 0.3) is 0 Å². The summed E-state index contributed by atoms with van der Waals surface area (Å²) in [5.74, 6) is 0.583. The maximum absolute atomic E-state index is 12.5. The number of amides is 2. The van der Waals surface area contributed by atoms with Crippen molar-refractivity contribution in [1.29, 1.82) is 0 Å². The molecule has 2 atom stereocenters. The van der Waals surface area contributed by atoms with Crippen LogP contribution in [0.2, 0.25) is 0 Å². The van der Waals surface area contributed by atoms with Gasteiger partial charge in [0, 0.05) is 45.9 Å². The van der Waals surface area contributed by atoms with Crippen molar-refractivity contribution in [2.75, 3.05) is 46.4 Å². The van der Waals surface area contributed by atoms with Crippen LogP contribution < -0.4 is 5.32 Å². The second-order valence-electron chi connectivity index (χ2n) is 7.02. The molecule has 24 heavy (non-hydrogen) atoms. The summed E-state index contributed by atoms with van der Waals surface area (Å²) in [7, 11) is 1.73. The van der Waals surface area contributed by atoms with E-state index in [1.807, 2.05) is 4.90 Å². The molecule has 0 radical (unpaired) electrons. The van der Waals surface area contributed by atoms with E-state index in [9.17, 15) is 4.79 Å². The molecular formula is C19H29N3O2. The van der Waals surface area contributed by atoms with E-state index in [1.54, 1.807) is 7.11 Å². The predicted molar refractivity (Wildman–Crippen MR) is 95.1 cm³/mol. The number of nitrogens with zero attached hydrogens (tertiary/aromatic N) is 2. The second-order valence-corrected chi connectivity index (χ2v) is 7.02. The van der Waals surface area contributed by atoms with Crippen molar-refractivity contribution in [2.45, 2.75) is 25.3 Å². The third kappa shape index (κ3) is 4.71. The first-order valence-corrected chi connectivity index (χ1v) is 9.05. The Hall–Kier alpha value is -1.59. The summed E-state index contributed by atoms with van der Waals surface area (Å²) in [5, 5.41) is 3.22. The Balaban J connectivity index is 1.40. The molecule has 0 saturated carbocycles. The van der Waals surface area contributed by atoms with E-state index < -0.39 is 0 Å². The minimum atomic E-state index is 0.115. The maximum Gasteiger partial charge on any atom is 0.317 e. The number of benzene rings is 1. The Kier molecular flexibility index (Phi) is 6.10. The fourth-order valence-corrected chi connectivity index (χ4v) is 3.77. The molecule has 1 aromatic carbocycles. The van der Waals surface area contributed by atoms with E-state index in [2.05, 4.69) is 40.5 Å². The van der Waals surface area contributed by atoms with Gasteiger partial charge in [-0.25, -0.2) is 4.79 Å². The number of ether oxygens (including phenoxy) is 1. The number of rotatable bonds is 6. The number of carbonyl (C=O) groups is 1. The van der Waals surface area contributed by atoms with Crippen LogP contribution in [-0.4, -0.2) is 68.3 Å². The number of likely N-dealkylation sites (tertiary alicyclic amines) is 2. The molecule has 2 saturated heterocycles. The lowest BCUT2D eigenvalue weighted by Gasteiger charge is -2.21. The Labute approximate surface area is 145 Å².